The van der Waals surface area contributed by atoms with E-state index in [0.717, 1.165) is 0 Å². The fourth-order valence-corrected chi connectivity index (χ4v) is 1.96. The van der Waals surface area contributed by atoms with E-state index in [1.54, 1.807) is 6.07 Å². The van der Waals surface area contributed by atoms with Crippen LogP contribution in [0, 0.1) is 5.82 Å². The largest absolute Gasteiger partial charge is 0.494 e. The molecule has 1 rings (SSSR count). The van der Waals surface area contributed by atoms with Gasteiger partial charge in [0.1, 0.15) is 0 Å². The third-order valence-electron chi connectivity index (χ3n) is 3.02. The van der Waals surface area contributed by atoms with Gasteiger partial charge in [0.2, 0.25) is 5.91 Å². The van der Waals surface area contributed by atoms with Gasteiger partial charge in [0.15, 0.2) is 11.6 Å². The van der Waals surface area contributed by atoms with Crippen LogP contribution in [0.5, 0.6) is 5.75 Å². The summed E-state index contributed by atoms with van der Waals surface area (Å²) in [4.78, 5) is 22.2. The van der Waals surface area contributed by atoms with Crippen LogP contribution in [0.2, 0.25) is 0 Å². The van der Waals surface area contributed by atoms with Crippen molar-refractivity contribution in [2.24, 2.45) is 0 Å². The molecule has 5 nitrogen and oxygen atoms in total. The molecular weight excluding hydrogens is 277 g/mol. The molecule has 0 saturated heterocycles. The van der Waals surface area contributed by atoms with Gasteiger partial charge >= 0.3 is 5.97 Å². The van der Waals surface area contributed by atoms with Gasteiger partial charge in [-0.1, -0.05) is 6.07 Å². The summed E-state index contributed by atoms with van der Waals surface area (Å²) in [7, 11) is 1.38. The van der Waals surface area contributed by atoms with E-state index in [1.807, 2.05) is 6.92 Å². The Balaban J connectivity index is 2.42. The molecule has 21 heavy (non-hydrogen) atoms. The predicted molar refractivity (Wildman–Crippen MR) is 75.7 cm³/mol. The van der Waals surface area contributed by atoms with Crippen molar-refractivity contribution in [1.82, 2.24) is 5.32 Å². The van der Waals surface area contributed by atoms with Gasteiger partial charge < -0.3 is 15.2 Å². The molecule has 116 valence electrons. The third-order valence-corrected chi connectivity index (χ3v) is 3.02. The standard InChI is InChI=1S/C15H20FNO4/c1-10(4-3-5-15(19)20)17-14(18)9-11-6-7-13(21-2)12(16)8-11/h6-8,10H,3-5,9H2,1-2H3,(H,17,18)(H,19,20). The number of hydrogen-bond acceptors (Lipinski definition) is 3. The lowest BCUT2D eigenvalue weighted by atomic mass is 10.1. The molecule has 0 heterocycles. The van der Waals surface area contributed by atoms with E-state index in [0.29, 0.717) is 18.4 Å². The summed E-state index contributed by atoms with van der Waals surface area (Å²) < 4.78 is 18.3. The maximum atomic E-state index is 13.5. The fraction of sp³-hybridized carbons (Fsp3) is 0.467. The molecule has 0 spiro atoms. The molecule has 0 radical (unpaired) electrons. The Kier molecular flexibility index (Phi) is 6.65. The van der Waals surface area contributed by atoms with Crippen molar-refractivity contribution in [3.63, 3.8) is 0 Å². The van der Waals surface area contributed by atoms with E-state index >= 15 is 0 Å². The van der Waals surface area contributed by atoms with E-state index < -0.39 is 11.8 Å². The monoisotopic (exact) mass is 297 g/mol. The van der Waals surface area contributed by atoms with Crippen LogP contribution in [0.15, 0.2) is 18.2 Å². The number of carbonyl (C=O) groups is 2. The number of hydrogen-bond donors (Lipinski definition) is 2. The Morgan fingerprint density at radius 1 is 1.43 bits per heavy atom. The summed E-state index contributed by atoms with van der Waals surface area (Å²) in [5, 5.41) is 11.3. The molecule has 0 bridgehead atoms. The van der Waals surface area contributed by atoms with Crippen molar-refractivity contribution in [2.75, 3.05) is 7.11 Å². The van der Waals surface area contributed by atoms with Crippen LogP contribution >= 0.6 is 0 Å². The highest BCUT2D eigenvalue weighted by Crippen LogP contribution is 2.17. The Morgan fingerprint density at radius 2 is 2.14 bits per heavy atom. The second kappa shape index (κ2) is 8.24. The molecule has 0 aliphatic carbocycles. The molecule has 0 aliphatic heterocycles. The third kappa shape index (κ3) is 6.25. The van der Waals surface area contributed by atoms with E-state index in [1.165, 1.54) is 19.2 Å². The first-order valence-corrected chi connectivity index (χ1v) is 6.76. The summed E-state index contributed by atoms with van der Waals surface area (Å²) in [5.41, 5.74) is 0.559. The quantitative estimate of drug-likeness (QED) is 0.771. The number of carboxylic acids is 1. The lowest BCUT2D eigenvalue weighted by molar-refractivity contribution is -0.137. The fourth-order valence-electron chi connectivity index (χ4n) is 1.96. The summed E-state index contributed by atoms with van der Waals surface area (Å²) in [6.07, 6.45) is 1.26. The van der Waals surface area contributed by atoms with E-state index in [-0.39, 0.29) is 30.5 Å². The van der Waals surface area contributed by atoms with Gasteiger partial charge in [-0.15, -0.1) is 0 Å². The van der Waals surface area contributed by atoms with Crippen LogP contribution in [-0.4, -0.2) is 30.1 Å². The second-order valence-corrected chi connectivity index (χ2v) is 4.90. The molecule has 1 amide bonds. The van der Waals surface area contributed by atoms with Crippen LogP contribution < -0.4 is 10.1 Å². The highest BCUT2D eigenvalue weighted by atomic mass is 19.1. The van der Waals surface area contributed by atoms with Crippen molar-refractivity contribution < 1.29 is 23.8 Å². The second-order valence-electron chi connectivity index (χ2n) is 4.90. The molecule has 1 atom stereocenters. The van der Waals surface area contributed by atoms with Crippen LogP contribution in [0.25, 0.3) is 0 Å². The lowest BCUT2D eigenvalue weighted by Crippen LogP contribution is -2.33. The first-order chi connectivity index (χ1) is 9.92. The lowest BCUT2D eigenvalue weighted by Gasteiger charge is -2.13. The van der Waals surface area contributed by atoms with Gasteiger partial charge in [0.05, 0.1) is 13.5 Å². The van der Waals surface area contributed by atoms with E-state index in [4.69, 9.17) is 9.84 Å². The Morgan fingerprint density at radius 3 is 2.71 bits per heavy atom. The van der Waals surface area contributed by atoms with E-state index in [2.05, 4.69) is 5.32 Å². The number of carboxylic acid groups (broad SMARTS) is 1. The number of amides is 1. The Hall–Kier alpha value is -2.11. The predicted octanol–water partition coefficient (Wildman–Crippen LogP) is 2.14. The maximum Gasteiger partial charge on any atom is 0.303 e. The zero-order chi connectivity index (χ0) is 15.8. The summed E-state index contributed by atoms with van der Waals surface area (Å²) in [6, 6.07) is 4.28. The maximum absolute atomic E-state index is 13.5. The summed E-state index contributed by atoms with van der Waals surface area (Å²) in [5.74, 6) is -1.43. The zero-order valence-corrected chi connectivity index (χ0v) is 12.2. The van der Waals surface area contributed by atoms with Gasteiger partial charge in [-0.2, -0.15) is 0 Å². The highest BCUT2D eigenvalue weighted by Gasteiger charge is 2.11. The average molecular weight is 297 g/mol. The number of rotatable bonds is 8. The van der Waals surface area contributed by atoms with Gasteiger partial charge in [-0.25, -0.2) is 4.39 Å². The molecule has 1 aromatic carbocycles. The molecular formula is C15H20FNO4. The summed E-state index contributed by atoms with van der Waals surface area (Å²) >= 11 is 0. The van der Waals surface area contributed by atoms with Gasteiger partial charge in [0.25, 0.3) is 0 Å². The van der Waals surface area contributed by atoms with Crippen molar-refractivity contribution in [2.45, 2.75) is 38.6 Å². The Labute approximate surface area is 123 Å². The molecule has 6 heteroatoms. The molecule has 1 unspecified atom stereocenters. The minimum atomic E-state index is -0.845. The van der Waals surface area contributed by atoms with Gasteiger partial charge in [0, 0.05) is 12.5 Å². The molecule has 0 saturated carbocycles. The number of benzene rings is 1. The van der Waals surface area contributed by atoms with Crippen molar-refractivity contribution in [3.8, 4) is 5.75 Å². The first-order valence-electron chi connectivity index (χ1n) is 6.76. The van der Waals surface area contributed by atoms with Crippen molar-refractivity contribution >= 4 is 11.9 Å². The van der Waals surface area contributed by atoms with Crippen LogP contribution in [0.1, 0.15) is 31.7 Å². The number of halogens is 1. The minimum absolute atomic E-state index is 0.0736. The molecule has 1 aromatic rings. The SMILES string of the molecule is COc1ccc(CC(=O)NC(C)CCCC(=O)O)cc1F. The van der Waals surface area contributed by atoms with Crippen molar-refractivity contribution in [1.29, 1.82) is 0 Å². The van der Waals surface area contributed by atoms with Crippen LogP contribution in [0.3, 0.4) is 0 Å². The molecule has 0 fully saturated rings. The van der Waals surface area contributed by atoms with Crippen molar-refractivity contribution in [3.05, 3.63) is 29.6 Å². The van der Waals surface area contributed by atoms with E-state index in [9.17, 15) is 14.0 Å². The number of ether oxygens (including phenoxy) is 1. The van der Waals surface area contributed by atoms with Gasteiger partial charge in [-0.3, -0.25) is 9.59 Å². The minimum Gasteiger partial charge on any atom is -0.494 e. The molecule has 2 N–H and O–H groups in total. The van der Waals surface area contributed by atoms with Crippen LogP contribution in [0.4, 0.5) is 4.39 Å². The van der Waals surface area contributed by atoms with Crippen LogP contribution in [-0.2, 0) is 16.0 Å². The zero-order valence-electron chi connectivity index (χ0n) is 12.2. The molecule has 0 aromatic heterocycles. The number of aliphatic carboxylic acids is 1. The number of nitrogens with one attached hydrogen (secondary N) is 1. The average Bonchev–Trinajstić information content (AvgIpc) is 2.38. The smallest absolute Gasteiger partial charge is 0.303 e. The number of methoxy groups -OCH3 is 1. The van der Waals surface area contributed by atoms with Gasteiger partial charge in [-0.05, 0) is 37.5 Å². The first kappa shape index (κ1) is 16.9. The number of carbonyl (C=O) groups excluding carboxylic acids is 1. The molecule has 0 aliphatic rings. The summed E-state index contributed by atoms with van der Waals surface area (Å²) in [6.45, 7) is 1.81. The Bertz CT molecular complexity index is 504. The highest BCUT2D eigenvalue weighted by molar-refractivity contribution is 5.78. The topological polar surface area (TPSA) is 75.6 Å². The normalized spacial score (nSPS) is 11.8.